The molecule has 0 aromatic heterocycles. The molecule has 1 aliphatic carbocycles. The van der Waals surface area contributed by atoms with E-state index in [2.05, 4.69) is 6.92 Å². The van der Waals surface area contributed by atoms with Crippen LogP contribution in [0.15, 0.2) is 0 Å². The van der Waals surface area contributed by atoms with Gasteiger partial charge in [0.2, 0.25) is 0 Å². The monoisotopic (exact) mass is 184 g/mol. The fourth-order valence-electron chi connectivity index (χ4n) is 1.68. The van der Waals surface area contributed by atoms with Gasteiger partial charge in [0.05, 0.1) is 0 Å². The van der Waals surface area contributed by atoms with Gasteiger partial charge in [-0.3, -0.25) is 4.79 Å². The zero-order chi connectivity index (χ0) is 9.68. The number of unbranched alkanes of at least 4 members (excludes halogenated alkanes) is 2. The SMILES string of the molecule is CCCCCC(=O)C(OC)C1CC1. The van der Waals surface area contributed by atoms with Gasteiger partial charge >= 0.3 is 0 Å². The highest BCUT2D eigenvalue weighted by molar-refractivity contribution is 5.83. The quantitative estimate of drug-likeness (QED) is 0.568. The van der Waals surface area contributed by atoms with Gasteiger partial charge in [0.1, 0.15) is 6.10 Å². The maximum atomic E-state index is 11.6. The second-order valence-electron chi connectivity index (χ2n) is 3.92. The van der Waals surface area contributed by atoms with Crippen LogP contribution < -0.4 is 0 Å². The van der Waals surface area contributed by atoms with Crippen molar-refractivity contribution in [3.63, 3.8) is 0 Å². The van der Waals surface area contributed by atoms with Crippen molar-refractivity contribution < 1.29 is 9.53 Å². The summed E-state index contributed by atoms with van der Waals surface area (Å²) in [5, 5.41) is 0. The second-order valence-corrected chi connectivity index (χ2v) is 3.92. The van der Waals surface area contributed by atoms with Gasteiger partial charge in [-0.05, 0) is 25.2 Å². The average molecular weight is 184 g/mol. The molecule has 0 spiro atoms. The van der Waals surface area contributed by atoms with E-state index in [0.717, 1.165) is 12.8 Å². The van der Waals surface area contributed by atoms with Crippen molar-refractivity contribution in [3.05, 3.63) is 0 Å². The second kappa shape index (κ2) is 5.38. The van der Waals surface area contributed by atoms with Crippen molar-refractivity contribution in [3.8, 4) is 0 Å². The van der Waals surface area contributed by atoms with Gasteiger partial charge in [-0.1, -0.05) is 19.8 Å². The number of ketones is 1. The summed E-state index contributed by atoms with van der Waals surface area (Å²) in [6.45, 7) is 2.15. The number of hydrogen-bond donors (Lipinski definition) is 0. The Morgan fingerprint density at radius 3 is 2.62 bits per heavy atom. The lowest BCUT2D eigenvalue weighted by Gasteiger charge is -2.12. The van der Waals surface area contributed by atoms with Crippen molar-refractivity contribution in [2.75, 3.05) is 7.11 Å². The first-order chi connectivity index (χ1) is 6.29. The van der Waals surface area contributed by atoms with E-state index >= 15 is 0 Å². The highest BCUT2D eigenvalue weighted by Crippen LogP contribution is 2.35. The molecule has 1 unspecified atom stereocenters. The average Bonchev–Trinajstić information content (AvgIpc) is 2.90. The van der Waals surface area contributed by atoms with Crippen molar-refractivity contribution >= 4 is 5.78 Å². The number of methoxy groups -OCH3 is 1. The minimum atomic E-state index is -0.0862. The van der Waals surface area contributed by atoms with Crippen LogP contribution in [0.3, 0.4) is 0 Å². The van der Waals surface area contributed by atoms with Gasteiger partial charge in [-0.25, -0.2) is 0 Å². The summed E-state index contributed by atoms with van der Waals surface area (Å²) in [5.41, 5.74) is 0. The Labute approximate surface area is 80.7 Å². The molecule has 1 aliphatic rings. The first-order valence-corrected chi connectivity index (χ1v) is 5.35. The van der Waals surface area contributed by atoms with E-state index in [9.17, 15) is 4.79 Å². The Morgan fingerprint density at radius 2 is 2.15 bits per heavy atom. The van der Waals surface area contributed by atoms with Crippen LogP contribution in [-0.4, -0.2) is 19.0 Å². The highest BCUT2D eigenvalue weighted by Gasteiger charge is 2.35. The predicted octanol–water partition coefficient (Wildman–Crippen LogP) is 2.56. The zero-order valence-electron chi connectivity index (χ0n) is 8.71. The maximum Gasteiger partial charge on any atom is 0.161 e. The van der Waals surface area contributed by atoms with E-state index in [-0.39, 0.29) is 6.10 Å². The molecule has 1 saturated carbocycles. The summed E-state index contributed by atoms with van der Waals surface area (Å²) >= 11 is 0. The molecule has 0 amide bonds. The Bertz CT molecular complexity index is 161. The maximum absolute atomic E-state index is 11.6. The molecule has 0 N–H and O–H groups in total. The zero-order valence-corrected chi connectivity index (χ0v) is 8.71. The van der Waals surface area contributed by atoms with Crippen LogP contribution in [0.1, 0.15) is 45.4 Å². The number of carbonyl (C=O) groups excluding carboxylic acids is 1. The number of rotatable bonds is 7. The Morgan fingerprint density at radius 1 is 1.46 bits per heavy atom. The number of Topliss-reactive ketones (excluding diaryl/α,β-unsaturated/α-hetero) is 1. The molecule has 0 aliphatic heterocycles. The standard InChI is InChI=1S/C11H20O2/c1-3-4-5-6-10(12)11(13-2)9-7-8-9/h9,11H,3-8H2,1-2H3. The molecular weight excluding hydrogens is 164 g/mol. The molecule has 13 heavy (non-hydrogen) atoms. The van der Waals surface area contributed by atoms with Crippen LogP contribution >= 0.6 is 0 Å². The molecule has 0 saturated heterocycles. The van der Waals surface area contributed by atoms with Gasteiger partial charge in [-0.2, -0.15) is 0 Å². The van der Waals surface area contributed by atoms with Crippen molar-refractivity contribution in [2.24, 2.45) is 5.92 Å². The molecule has 76 valence electrons. The van der Waals surface area contributed by atoms with Gasteiger partial charge in [0.25, 0.3) is 0 Å². The van der Waals surface area contributed by atoms with E-state index in [1.807, 2.05) is 0 Å². The van der Waals surface area contributed by atoms with Gasteiger partial charge in [0, 0.05) is 13.5 Å². The molecule has 0 heterocycles. The molecule has 1 fully saturated rings. The van der Waals surface area contributed by atoms with Crippen molar-refractivity contribution in [1.82, 2.24) is 0 Å². The van der Waals surface area contributed by atoms with Crippen LogP contribution in [0.2, 0.25) is 0 Å². The third-order valence-corrected chi connectivity index (χ3v) is 2.65. The van der Waals surface area contributed by atoms with E-state index < -0.39 is 0 Å². The summed E-state index contributed by atoms with van der Waals surface area (Å²) in [6.07, 6.45) is 6.35. The van der Waals surface area contributed by atoms with E-state index in [0.29, 0.717) is 18.1 Å². The molecule has 0 aromatic carbocycles. The normalized spacial score (nSPS) is 18.6. The Hall–Kier alpha value is -0.370. The predicted molar refractivity (Wildman–Crippen MR) is 52.7 cm³/mol. The number of carbonyl (C=O) groups is 1. The fourth-order valence-corrected chi connectivity index (χ4v) is 1.68. The van der Waals surface area contributed by atoms with Crippen LogP contribution in [0.25, 0.3) is 0 Å². The van der Waals surface area contributed by atoms with Crippen LogP contribution in [-0.2, 0) is 9.53 Å². The van der Waals surface area contributed by atoms with Gasteiger partial charge < -0.3 is 4.74 Å². The summed E-state index contributed by atoms with van der Waals surface area (Å²) in [5.74, 6) is 0.859. The molecule has 0 aromatic rings. The highest BCUT2D eigenvalue weighted by atomic mass is 16.5. The van der Waals surface area contributed by atoms with Gasteiger partial charge in [0.15, 0.2) is 5.78 Å². The molecule has 2 heteroatoms. The largest absolute Gasteiger partial charge is 0.373 e. The van der Waals surface area contributed by atoms with Gasteiger partial charge in [-0.15, -0.1) is 0 Å². The molecular formula is C11H20O2. The molecule has 2 nitrogen and oxygen atoms in total. The minimum Gasteiger partial charge on any atom is -0.373 e. The van der Waals surface area contributed by atoms with Crippen LogP contribution in [0, 0.1) is 5.92 Å². The number of ether oxygens (including phenoxy) is 1. The fraction of sp³-hybridized carbons (Fsp3) is 0.909. The molecule has 1 atom stereocenters. The lowest BCUT2D eigenvalue weighted by Crippen LogP contribution is -2.24. The lowest BCUT2D eigenvalue weighted by molar-refractivity contribution is -0.130. The molecule has 0 bridgehead atoms. The van der Waals surface area contributed by atoms with E-state index in [1.54, 1.807) is 7.11 Å². The number of hydrogen-bond acceptors (Lipinski definition) is 2. The third kappa shape index (κ3) is 3.47. The summed E-state index contributed by atoms with van der Waals surface area (Å²) in [4.78, 5) is 11.6. The third-order valence-electron chi connectivity index (χ3n) is 2.65. The first kappa shape index (κ1) is 10.7. The molecule has 1 rings (SSSR count). The summed E-state index contributed by atoms with van der Waals surface area (Å²) < 4.78 is 5.22. The van der Waals surface area contributed by atoms with Crippen molar-refractivity contribution in [2.45, 2.75) is 51.6 Å². The minimum absolute atomic E-state index is 0.0862. The van der Waals surface area contributed by atoms with Crippen LogP contribution in [0.5, 0.6) is 0 Å². The smallest absolute Gasteiger partial charge is 0.161 e. The Kier molecular flexibility index (Phi) is 4.43. The summed E-state index contributed by atoms with van der Waals surface area (Å²) in [6, 6.07) is 0. The summed E-state index contributed by atoms with van der Waals surface area (Å²) in [7, 11) is 1.65. The van der Waals surface area contributed by atoms with Crippen LogP contribution in [0.4, 0.5) is 0 Å². The Balaban J connectivity index is 2.19. The van der Waals surface area contributed by atoms with E-state index in [4.69, 9.17) is 4.74 Å². The van der Waals surface area contributed by atoms with Crippen molar-refractivity contribution in [1.29, 1.82) is 0 Å². The van der Waals surface area contributed by atoms with E-state index in [1.165, 1.54) is 19.3 Å². The first-order valence-electron chi connectivity index (χ1n) is 5.35. The molecule has 0 radical (unpaired) electrons. The topological polar surface area (TPSA) is 26.3 Å². The lowest BCUT2D eigenvalue weighted by atomic mass is 10.0.